The molecular weight excluding hydrogens is 472 g/mol. The Bertz CT molecular complexity index is 1100. The Hall–Kier alpha value is -2.71. The Balaban J connectivity index is 1.46. The number of thioether (sulfide) groups is 1. The molecule has 9 heteroatoms. The molecule has 1 saturated heterocycles. The summed E-state index contributed by atoms with van der Waals surface area (Å²) in [6, 6.07) is 12.9. The van der Waals surface area contributed by atoms with E-state index >= 15 is 0 Å². The van der Waals surface area contributed by atoms with Crippen molar-refractivity contribution in [2.24, 2.45) is 9.98 Å². The number of nitrogens with zero attached hydrogens (tertiary/aromatic N) is 3. The standard InChI is InChI=1S/C25H29ClN4O3S/c1-4-15-34-23-22(17-5-7-18(26)8-6-17)28-25(29-23)11-13-30(14-12-25)24(31)27-20-10-9-19(32-2)16-21(20)33-3/h5-10,16H,4,11-15H2,1-3H3,(H,27,31). The molecule has 0 aliphatic carbocycles. The molecule has 1 spiro atoms. The van der Waals surface area contributed by atoms with Crippen LogP contribution in [0.15, 0.2) is 52.4 Å². The van der Waals surface area contributed by atoms with Gasteiger partial charge in [-0.15, -0.1) is 11.8 Å². The van der Waals surface area contributed by atoms with Crippen molar-refractivity contribution in [2.45, 2.75) is 31.8 Å². The molecule has 2 aromatic rings. The van der Waals surface area contributed by atoms with Crippen molar-refractivity contribution in [3.63, 3.8) is 0 Å². The predicted octanol–water partition coefficient (Wildman–Crippen LogP) is 5.73. The lowest BCUT2D eigenvalue weighted by molar-refractivity contribution is 0.175. The van der Waals surface area contributed by atoms with Crippen molar-refractivity contribution in [3.8, 4) is 11.5 Å². The van der Waals surface area contributed by atoms with Crippen molar-refractivity contribution >= 4 is 45.8 Å². The van der Waals surface area contributed by atoms with Gasteiger partial charge in [0.25, 0.3) is 0 Å². The number of amides is 2. The van der Waals surface area contributed by atoms with Gasteiger partial charge in [-0.2, -0.15) is 0 Å². The first kappa shape index (κ1) is 24.4. The van der Waals surface area contributed by atoms with Crippen LogP contribution in [0, 0.1) is 0 Å². The maximum absolute atomic E-state index is 13.0. The van der Waals surface area contributed by atoms with E-state index in [9.17, 15) is 4.79 Å². The summed E-state index contributed by atoms with van der Waals surface area (Å²) in [6.45, 7) is 3.29. The minimum Gasteiger partial charge on any atom is -0.497 e. The first-order valence-electron chi connectivity index (χ1n) is 11.3. The highest BCUT2D eigenvalue weighted by atomic mass is 35.5. The third-order valence-corrected chi connectivity index (χ3v) is 7.32. The number of carbonyl (C=O) groups is 1. The zero-order valence-corrected chi connectivity index (χ0v) is 21.2. The van der Waals surface area contributed by atoms with Gasteiger partial charge in [-0.25, -0.2) is 9.79 Å². The molecule has 4 rings (SSSR count). The zero-order chi connectivity index (χ0) is 24.1. The van der Waals surface area contributed by atoms with E-state index in [2.05, 4.69) is 12.2 Å². The Morgan fingerprint density at radius 2 is 1.85 bits per heavy atom. The maximum atomic E-state index is 13.0. The van der Waals surface area contributed by atoms with Crippen molar-refractivity contribution in [2.75, 3.05) is 38.4 Å². The number of carbonyl (C=O) groups excluding carboxylic acids is 1. The van der Waals surface area contributed by atoms with Gasteiger partial charge >= 0.3 is 6.03 Å². The summed E-state index contributed by atoms with van der Waals surface area (Å²) in [5.41, 5.74) is 2.04. The Labute approximate surface area is 209 Å². The van der Waals surface area contributed by atoms with E-state index in [-0.39, 0.29) is 6.03 Å². The molecule has 34 heavy (non-hydrogen) atoms. The van der Waals surface area contributed by atoms with Crippen LogP contribution in [0.2, 0.25) is 5.02 Å². The lowest BCUT2D eigenvalue weighted by Crippen LogP contribution is -2.46. The molecular formula is C25H29ClN4O3S. The van der Waals surface area contributed by atoms with Gasteiger partial charge in [-0.05, 0) is 36.4 Å². The van der Waals surface area contributed by atoms with E-state index in [1.807, 2.05) is 24.3 Å². The monoisotopic (exact) mass is 500 g/mol. The highest BCUT2D eigenvalue weighted by molar-refractivity contribution is 8.15. The van der Waals surface area contributed by atoms with Gasteiger partial charge in [0.15, 0.2) is 5.66 Å². The number of rotatable bonds is 6. The molecule has 0 radical (unpaired) electrons. The predicted molar refractivity (Wildman–Crippen MR) is 140 cm³/mol. The topological polar surface area (TPSA) is 75.5 Å². The molecule has 2 aromatic carbocycles. The van der Waals surface area contributed by atoms with E-state index in [1.165, 1.54) is 0 Å². The van der Waals surface area contributed by atoms with Gasteiger partial charge in [-0.3, -0.25) is 4.99 Å². The molecule has 0 saturated carbocycles. The molecule has 1 N–H and O–H groups in total. The maximum Gasteiger partial charge on any atom is 0.321 e. The van der Waals surface area contributed by atoms with Crippen molar-refractivity contribution in [3.05, 3.63) is 53.1 Å². The van der Waals surface area contributed by atoms with Crippen molar-refractivity contribution < 1.29 is 14.3 Å². The number of hydrogen-bond acceptors (Lipinski definition) is 6. The summed E-state index contributed by atoms with van der Waals surface area (Å²) in [5.74, 6) is 2.20. The number of piperidine rings is 1. The lowest BCUT2D eigenvalue weighted by atomic mass is 9.98. The summed E-state index contributed by atoms with van der Waals surface area (Å²) in [5, 5.41) is 4.63. The third-order valence-electron chi connectivity index (χ3n) is 5.89. The van der Waals surface area contributed by atoms with Crippen LogP contribution in [0.1, 0.15) is 31.7 Å². The number of aliphatic imine (C=N–C) groups is 2. The molecule has 2 amide bonds. The van der Waals surface area contributed by atoms with Crippen LogP contribution in [0.25, 0.3) is 0 Å². The first-order chi connectivity index (χ1) is 16.5. The molecule has 180 valence electrons. The van der Waals surface area contributed by atoms with Gasteiger partial charge in [0.1, 0.15) is 16.5 Å². The smallest absolute Gasteiger partial charge is 0.321 e. The number of likely N-dealkylation sites (tertiary alicyclic amines) is 1. The van der Waals surface area contributed by atoms with Gasteiger partial charge in [0.05, 0.1) is 25.6 Å². The Kier molecular flexibility index (Phi) is 7.68. The molecule has 0 aromatic heterocycles. The van der Waals surface area contributed by atoms with E-state index in [0.29, 0.717) is 48.1 Å². The minimum absolute atomic E-state index is 0.164. The van der Waals surface area contributed by atoms with Gasteiger partial charge in [0, 0.05) is 42.6 Å². The second kappa shape index (κ2) is 10.7. The fraction of sp³-hybridized carbons (Fsp3) is 0.400. The molecule has 1 fully saturated rings. The highest BCUT2D eigenvalue weighted by Gasteiger charge is 2.40. The van der Waals surface area contributed by atoms with Crippen LogP contribution < -0.4 is 14.8 Å². The fourth-order valence-electron chi connectivity index (χ4n) is 4.01. The summed E-state index contributed by atoms with van der Waals surface area (Å²) >= 11 is 7.83. The second-order valence-electron chi connectivity index (χ2n) is 8.20. The number of urea groups is 1. The van der Waals surface area contributed by atoms with Crippen molar-refractivity contribution in [1.29, 1.82) is 0 Å². The van der Waals surface area contributed by atoms with Gasteiger partial charge in [-0.1, -0.05) is 30.7 Å². The molecule has 7 nitrogen and oxygen atoms in total. The third kappa shape index (κ3) is 5.33. The number of ether oxygens (including phenoxy) is 2. The largest absolute Gasteiger partial charge is 0.497 e. The van der Waals surface area contributed by atoms with Crippen molar-refractivity contribution in [1.82, 2.24) is 4.90 Å². The summed E-state index contributed by atoms with van der Waals surface area (Å²) < 4.78 is 10.6. The van der Waals surface area contributed by atoms with E-state index in [0.717, 1.165) is 28.5 Å². The number of hydrogen-bond donors (Lipinski definition) is 1. The number of methoxy groups -OCH3 is 2. The number of halogens is 1. The van der Waals surface area contributed by atoms with Crippen LogP contribution in [-0.4, -0.2) is 60.4 Å². The Morgan fingerprint density at radius 1 is 1.12 bits per heavy atom. The summed E-state index contributed by atoms with van der Waals surface area (Å²) in [4.78, 5) is 24.9. The van der Waals surface area contributed by atoms with E-state index in [1.54, 1.807) is 49.1 Å². The van der Waals surface area contributed by atoms with Gasteiger partial charge < -0.3 is 19.7 Å². The zero-order valence-electron chi connectivity index (χ0n) is 19.6. The molecule has 0 unspecified atom stereocenters. The summed E-state index contributed by atoms with van der Waals surface area (Å²) in [7, 11) is 3.16. The summed E-state index contributed by atoms with van der Waals surface area (Å²) in [6.07, 6.45) is 2.41. The van der Waals surface area contributed by atoms with Crippen LogP contribution in [0.3, 0.4) is 0 Å². The number of anilines is 1. The van der Waals surface area contributed by atoms with E-state index in [4.69, 9.17) is 31.1 Å². The van der Waals surface area contributed by atoms with Crippen LogP contribution >= 0.6 is 23.4 Å². The quantitative estimate of drug-likeness (QED) is 0.550. The van der Waals surface area contributed by atoms with Crippen LogP contribution in [0.5, 0.6) is 11.5 Å². The van der Waals surface area contributed by atoms with Crippen LogP contribution in [0.4, 0.5) is 10.5 Å². The molecule has 2 heterocycles. The first-order valence-corrected chi connectivity index (χ1v) is 12.7. The lowest BCUT2D eigenvalue weighted by Gasteiger charge is -2.35. The Morgan fingerprint density at radius 3 is 2.50 bits per heavy atom. The molecule has 2 aliphatic heterocycles. The molecule has 0 atom stereocenters. The number of benzene rings is 2. The van der Waals surface area contributed by atoms with Crippen LogP contribution in [-0.2, 0) is 0 Å². The second-order valence-corrected chi connectivity index (χ2v) is 9.72. The minimum atomic E-state index is -0.514. The van der Waals surface area contributed by atoms with Gasteiger partial charge in [0.2, 0.25) is 0 Å². The SMILES string of the molecule is CCCSC1=NC2(CCN(C(=O)Nc3ccc(OC)cc3OC)CC2)N=C1c1ccc(Cl)cc1. The van der Waals surface area contributed by atoms with E-state index < -0.39 is 5.66 Å². The molecule has 2 aliphatic rings. The molecule has 0 bridgehead atoms. The number of nitrogens with one attached hydrogen (secondary N) is 1. The average molecular weight is 501 g/mol. The highest BCUT2D eigenvalue weighted by Crippen LogP contribution is 2.36. The normalized spacial score (nSPS) is 16.8. The average Bonchev–Trinajstić information content (AvgIpc) is 3.21. The fourth-order valence-corrected chi connectivity index (χ4v) is 5.06.